The topological polar surface area (TPSA) is 165 Å². The van der Waals surface area contributed by atoms with E-state index in [2.05, 4.69) is 20.0 Å². The Bertz CT molecular complexity index is 2440. The Labute approximate surface area is 436 Å². The van der Waals surface area contributed by atoms with Crippen molar-refractivity contribution in [1.82, 2.24) is 0 Å². The Morgan fingerprint density at radius 3 is 0.681 bits per heavy atom. The molecule has 348 valence electrons. The molecule has 9 nitrogen and oxygen atoms in total. The van der Waals surface area contributed by atoms with Gasteiger partial charge in [-0.15, -0.1) is 0 Å². The Morgan fingerprint density at radius 1 is 0.348 bits per heavy atom. The molecule has 0 saturated heterocycles. The molecule has 0 aliphatic carbocycles. The van der Waals surface area contributed by atoms with Crippen molar-refractivity contribution in [3.8, 4) is 29.1 Å². The molecule has 6 aromatic carbocycles. The quantitative estimate of drug-likeness (QED) is 0.109. The minimum atomic E-state index is -0.235. The van der Waals surface area contributed by atoms with E-state index in [1.807, 2.05) is 180 Å². The van der Waals surface area contributed by atoms with Crippen LogP contribution in [0.1, 0.15) is 135 Å². The molecule has 0 radical (unpaired) electrons. The first kappa shape index (κ1) is 59.1. The number of para-hydroxylation sites is 8. The molecule has 69 heavy (non-hydrogen) atoms. The van der Waals surface area contributed by atoms with Crippen molar-refractivity contribution in [3.05, 3.63) is 166 Å². The van der Waals surface area contributed by atoms with Crippen LogP contribution in [0.25, 0.3) is 0 Å². The van der Waals surface area contributed by atoms with Crippen molar-refractivity contribution in [2.24, 2.45) is 20.0 Å². The third-order valence-electron chi connectivity index (χ3n) is 10.5. The fraction of sp³-hybridized carbons (Fsp3) is 0.293. The first-order chi connectivity index (χ1) is 31.4. The van der Waals surface area contributed by atoms with E-state index in [0.29, 0.717) is 45.0 Å². The summed E-state index contributed by atoms with van der Waals surface area (Å²) in [4.78, 5) is 18.1. The van der Waals surface area contributed by atoms with E-state index in [4.69, 9.17) is 5.26 Å². The number of hydrogen-bond acceptors (Lipinski definition) is 9. The van der Waals surface area contributed by atoms with Crippen LogP contribution >= 0.6 is 0 Å². The van der Waals surface area contributed by atoms with Gasteiger partial charge in [-0.05, 0) is 90.4 Å². The zero-order chi connectivity index (χ0) is 49.7. The van der Waals surface area contributed by atoms with Crippen LogP contribution in [0.5, 0.6) is 23.0 Å². The first-order valence-electron chi connectivity index (χ1n) is 22.3. The summed E-state index contributed by atoms with van der Waals surface area (Å²) in [7, 11) is 0. The van der Waals surface area contributed by atoms with Gasteiger partial charge in [0.05, 0.1) is 28.8 Å². The average Bonchev–Trinajstić information content (AvgIpc) is 3.24. The number of hydrogen-bond donors (Lipinski definition) is 0. The zero-order valence-electron chi connectivity index (χ0n) is 42.6. The van der Waals surface area contributed by atoms with E-state index >= 15 is 0 Å². The van der Waals surface area contributed by atoms with Gasteiger partial charge in [0.2, 0.25) is 0 Å². The molecule has 0 saturated carbocycles. The molecule has 0 fully saturated rings. The third-order valence-corrected chi connectivity index (χ3v) is 10.5. The van der Waals surface area contributed by atoms with Gasteiger partial charge in [-0.3, -0.25) is 20.0 Å². The molecule has 0 aromatic heterocycles. The van der Waals surface area contributed by atoms with Crippen LogP contribution in [0.3, 0.4) is 0 Å². The van der Waals surface area contributed by atoms with Crippen LogP contribution in [0.15, 0.2) is 141 Å². The number of nitrogens with zero attached hydrogens (tertiary/aromatic N) is 5. The molecule has 0 spiro atoms. The maximum absolute atomic E-state index is 12.8. The van der Waals surface area contributed by atoms with Gasteiger partial charge in [0.1, 0.15) is 0 Å². The summed E-state index contributed by atoms with van der Waals surface area (Å²) in [6.45, 7) is 25.7. The van der Waals surface area contributed by atoms with Crippen LogP contribution in [-0.4, -0.2) is 24.9 Å². The minimum Gasteiger partial charge on any atom is -0.872 e. The number of rotatable bonds is 8. The van der Waals surface area contributed by atoms with Crippen LogP contribution in [-0.2, 0) is 60.6 Å². The van der Waals surface area contributed by atoms with Crippen LogP contribution in [0, 0.1) is 11.3 Å². The smallest absolute Gasteiger partial charge is 0.872 e. The molecule has 0 atom stereocenters. The standard InChI is InChI=1S/2C28H32N2O2.C2H3N.2Zn/c2*1-27(2,3)21-13-9-11-19(25(21)31)17-29-23-15-7-8-16-24(23)30-18-20-12-10-14-22(26(20)32)28(4,5)6;1-2-3;;/h2*7-18,31-32H,1-6H3;1H3;;/q;;;2*+2/p-4. The molecule has 0 aliphatic rings. The summed E-state index contributed by atoms with van der Waals surface area (Å²) in [5.74, 6) is -0.0566. The number of nitriles is 1. The number of benzene rings is 6. The van der Waals surface area contributed by atoms with E-state index in [9.17, 15) is 20.4 Å². The minimum absolute atomic E-state index is 0. The fourth-order valence-corrected chi connectivity index (χ4v) is 6.91. The van der Waals surface area contributed by atoms with Gasteiger partial charge < -0.3 is 20.4 Å². The van der Waals surface area contributed by atoms with Crippen molar-refractivity contribution in [3.63, 3.8) is 0 Å². The van der Waals surface area contributed by atoms with Gasteiger partial charge in [-0.2, -0.15) is 5.26 Å². The molecule has 6 aromatic rings. The summed E-state index contributed by atoms with van der Waals surface area (Å²) in [5.41, 5.74) is 6.76. The van der Waals surface area contributed by atoms with Crippen molar-refractivity contribution in [2.45, 2.75) is 112 Å². The molecule has 0 N–H and O–H groups in total. The van der Waals surface area contributed by atoms with Crippen molar-refractivity contribution in [1.29, 1.82) is 5.26 Å². The van der Waals surface area contributed by atoms with Gasteiger partial charge >= 0.3 is 39.0 Å². The van der Waals surface area contributed by atoms with E-state index in [1.165, 1.54) is 6.92 Å². The van der Waals surface area contributed by atoms with Gasteiger partial charge in [-0.25, -0.2) is 0 Å². The molecule has 11 heteroatoms. The van der Waals surface area contributed by atoms with Gasteiger partial charge in [0, 0.05) is 31.8 Å². The maximum Gasteiger partial charge on any atom is 2.00 e. The molecule has 0 heterocycles. The summed E-state index contributed by atoms with van der Waals surface area (Å²) in [6.07, 6.45) is 6.35. The molecule has 0 amide bonds. The fourth-order valence-electron chi connectivity index (χ4n) is 6.91. The van der Waals surface area contributed by atoms with E-state index in [1.54, 1.807) is 55.2 Å². The average molecular weight is 1020 g/mol. The van der Waals surface area contributed by atoms with E-state index in [0.717, 1.165) is 22.3 Å². The first-order valence-corrected chi connectivity index (χ1v) is 22.3. The van der Waals surface area contributed by atoms with Crippen molar-refractivity contribution in [2.75, 3.05) is 0 Å². The molecule has 0 unspecified atom stereocenters. The van der Waals surface area contributed by atoms with E-state index < -0.39 is 0 Å². The monoisotopic (exact) mass is 1020 g/mol. The zero-order valence-corrected chi connectivity index (χ0v) is 48.6. The summed E-state index contributed by atoms with van der Waals surface area (Å²) >= 11 is 0. The van der Waals surface area contributed by atoms with Crippen molar-refractivity contribution >= 4 is 47.6 Å². The van der Waals surface area contributed by atoms with Crippen LogP contribution < -0.4 is 20.4 Å². The van der Waals surface area contributed by atoms with Crippen LogP contribution in [0.4, 0.5) is 22.7 Å². The Balaban J connectivity index is 0.000000436. The van der Waals surface area contributed by atoms with E-state index in [-0.39, 0.29) is 83.6 Å². The number of aliphatic imine (C=N–C) groups is 4. The second-order valence-electron chi connectivity index (χ2n) is 20.1. The maximum atomic E-state index is 12.8. The largest absolute Gasteiger partial charge is 2.00 e. The van der Waals surface area contributed by atoms with Gasteiger partial charge in [0.15, 0.2) is 0 Å². The molecule has 6 rings (SSSR count). The summed E-state index contributed by atoms with van der Waals surface area (Å²) in [5, 5.41) is 58.6. The normalized spacial score (nSPS) is 11.9. The Morgan fingerprint density at radius 2 is 0.522 bits per heavy atom. The molecule has 0 bridgehead atoms. The second kappa shape index (κ2) is 25.5. The SMILES string of the molecule is CC#N.CC(C)(C)c1cccc(C=Nc2ccccc2N=Cc2cccc(C(C)(C)C)c2[O-])c1[O-].CC(C)(C)c1cccc(C=Nc2ccccc2N=Cc2cccc(C(C)(C)C)c2[O-])c1[O-].[Zn+2].[Zn+2]. The summed E-state index contributed by atoms with van der Waals surface area (Å²) < 4.78 is 0. The molecular weight excluding hydrogens is 961 g/mol. The Hall–Kier alpha value is -6.06. The predicted octanol–water partition coefficient (Wildman–Crippen LogP) is 12.4. The van der Waals surface area contributed by atoms with Crippen LogP contribution in [0.2, 0.25) is 0 Å². The van der Waals surface area contributed by atoms with Crippen molar-refractivity contribution < 1.29 is 59.4 Å². The molecular formula is C58H63N5O4Zn2. The van der Waals surface area contributed by atoms with Gasteiger partial charge in [-0.1, -0.05) is 203 Å². The summed E-state index contributed by atoms with van der Waals surface area (Å²) in [6, 6.07) is 38.7. The Kier molecular flexibility index (Phi) is 21.8. The third kappa shape index (κ3) is 16.6. The predicted molar refractivity (Wildman–Crippen MR) is 272 cm³/mol. The second-order valence-corrected chi connectivity index (χ2v) is 20.1. The molecule has 0 aliphatic heterocycles. The van der Waals surface area contributed by atoms with Gasteiger partial charge in [0.25, 0.3) is 0 Å².